The van der Waals surface area contributed by atoms with E-state index in [9.17, 15) is 4.79 Å². The first kappa shape index (κ1) is 16.2. The van der Waals surface area contributed by atoms with Crippen LogP contribution in [0.4, 0.5) is 4.79 Å². The molecule has 0 unspecified atom stereocenters. The second-order valence-corrected chi connectivity index (χ2v) is 5.50. The SMILES string of the molecule is CC(C)(C)OC(=O)N(C/C=C/CO)Cc1ccccc1. The van der Waals surface area contributed by atoms with Crippen molar-refractivity contribution in [3.63, 3.8) is 0 Å². The molecule has 1 N–H and O–H groups in total. The van der Waals surface area contributed by atoms with Crippen LogP contribution in [-0.4, -0.2) is 34.9 Å². The summed E-state index contributed by atoms with van der Waals surface area (Å²) in [5.41, 5.74) is 0.517. The van der Waals surface area contributed by atoms with Crippen LogP contribution in [0.15, 0.2) is 42.5 Å². The average Bonchev–Trinajstić information content (AvgIpc) is 2.37. The van der Waals surface area contributed by atoms with Gasteiger partial charge in [0.25, 0.3) is 0 Å². The molecule has 20 heavy (non-hydrogen) atoms. The minimum atomic E-state index is -0.521. The van der Waals surface area contributed by atoms with Gasteiger partial charge in [0.2, 0.25) is 0 Å². The quantitative estimate of drug-likeness (QED) is 0.842. The first-order chi connectivity index (χ1) is 9.42. The van der Waals surface area contributed by atoms with Crippen LogP contribution in [0.1, 0.15) is 26.3 Å². The summed E-state index contributed by atoms with van der Waals surface area (Å²) in [6, 6.07) is 9.74. The lowest BCUT2D eigenvalue weighted by molar-refractivity contribution is 0.0256. The van der Waals surface area contributed by atoms with Crippen molar-refractivity contribution in [3.05, 3.63) is 48.0 Å². The number of hydrogen-bond donors (Lipinski definition) is 1. The zero-order valence-electron chi connectivity index (χ0n) is 12.4. The van der Waals surface area contributed by atoms with Crippen molar-refractivity contribution >= 4 is 6.09 Å². The number of nitrogens with zero attached hydrogens (tertiary/aromatic N) is 1. The van der Waals surface area contributed by atoms with Gasteiger partial charge in [0.1, 0.15) is 5.60 Å². The Balaban J connectivity index is 2.74. The number of rotatable bonds is 5. The smallest absolute Gasteiger partial charge is 0.410 e. The van der Waals surface area contributed by atoms with Crippen molar-refractivity contribution in [2.75, 3.05) is 13.2 Å². The predicted molar refractivity (Wildman–Crippen MR) is 79.3 cm³/mol. The molecule has 1 rings (SSSR count). The Bertz CT molecular complexity index is 435. The lowest BCUT2D eigenvalue weighted by Gasteiger charge is -2.26. The van der Waals surface area contributed by atoms with Gasteiger partial charge in [0.15, 0.2) is 0 Å². The molecule has 0 atom stereocenters. The maximum absolute atomic E-state index is 12.2. The summed E-state index contributed by atoms with van der Waals surface area (Å²) >= 11 is 0. The highest BCUT2D eigenvalue weighted by Gasteiger charge is 2.21. The third-order valence-electron chi connectivity index (χ3n) is 2.47. The molecule has 0 saturated heterocycles. The second kappa shape index (κ2) is 7.70. The van der Waals surface area contributed by atoms with Crippen LogP contribution in [0.25, 0.3) is 0 Å². The van der Waals surface area contributed by atoms with Gasteiger partial charge in [-0.3, -0.25) is 0 Å². The highest BCUT2D eigenvalue weighted by Crippen LogP contribution is 2.12. The van der Waals surface area contributed by atoms with Gasteiger partial charge in [-0.1, -0.05) is 42.5 Å². The fraction of sp³-hybridized carbons (Fsp3) is 0.438. The van der Waals surface area contributed by atoms with Crippen molar-refractivity contribution in [1.29, 1.82) is 0 Å². The highest BCUT2D eigenvalue weighted by atomic mass is 16.6. The van der Waals surface area contributed by atoms with Gasteiger partial charge in [-0.15, -0.1) is 0 Å². The maximum atomic E-state index is 12.2. The fourth-order valence-electron chi connectivity index (χ4n) is 1.61. The van der Waals surface area contributed by atoms with E-state index >= 15 is 0 Å². The lowest BCUT2D eigenvalue weighted by Crippen LogP contribution is -2.36. The van der Waals surface area contributed by atoms with E-state index in [0.717, 1.165) is 5.56 Å². The summed E-state index contributed by atoms with van der Waals surface area (Å²) in [4.78, 5) is 13.8. The van der Waals surface area contributed by atoms with E-state index in [1.807, 2.05) is 51.1 Å². The number of aliphatic hydroxyl groups excluding tert-OH is 1. The average molecular weight is 277 g/mol. The first-order valence-electron chi connectivity index (χ1n) is 6.70. The Morgan fingerprint density at radius 2 is 1.90 bits per heavy atom. The van der Waals surface area contributed by atoms with Crippen molar-refractivity contribution in [2.24, 2.45) is 0 Å². The number of aliphatic hydroxyl groups is 1. The first-order valence-corrected chi connectivity index (χ1v) is 6.70. The number of amides is 1. The highest BCUT2D eigenvalue weighted by molar-refractivity contribution is 5.68. The van der Waals surface area contributed by atoms with Gasteiger partial charge in [-0.25, -0.2) is 4.79 Å². The summed E-state index contributed by atoms with van der Waals surface area (Å²) in [7, 11) is 0. The Morgan fingerprint density at radius 1 is 1.25 bits per heavy atom. The van der Waals surface area contributed by atoms with Gasteiger partial charge in [-0.05, 0) is 26.3 Å². The third-order valence-corrected chi connectivity index (χ3v) is 2.47. The Labute approximate surface area is 120 Å². The normalized spacial score (nSPS) is 11.6. The Morgan fingerprint density at radius 3 is 2.45 bits per heavy atom. The van der Waals surface area contributed by atoms with Crippen molar-refractivity contribution < 1.29 is 14.6 Å². The molecule has 1 aromatic carbocycles. The maximum Gasteiger partial charge on any atom is 0.410 e. The van der Waals surface area contributed by atoms with Crippen LogP contribution < -0.4 is 0 Å². The molecule has 0 fully saturated rings. The fourth-order valence-corrected chi connectivity index (χ4v) is 1.61. The molecular formula is C16H23NO3. The molecule has 110 valence electrons. The van der Waals surface area contributed by atoms with Crippen molar-refractivity contribution in [1.82, 2.24) is 4.90 Å². The molecule has 4 nitrogen and oxygen atoms in total. The summed E-state index contributed by atoms with van der Waals surface area (Å²) in [6.45, 7) is 6.38. The van der Waals surface area contributed by atoms with Crippen LogP contribution in [-0.2, 0) is 11.3 Å². The summed E-state index contributed by atoms with van der Waals surface area (Å²) in [5.74, 6) is 0. The second-order valence-electron chi connectivity index (χ2n) is 5.50. The molecule has 1 amide bonds. The van der Waals surface area contributed by atoms with Crippen LogP contribution in [0.5, 0.6) is 0 Å². The number of ether oxygens (including phenoxy) is 1. The minimum Gasteiger partial charge on any atom is -0.444 e. The zero-order chi connectivity index (χ0) is 15.0. The van der Waals surface area contributed by atoms with E-state index in [0.29, 0.717) is 13.1 Å². The molecule has 4 heteroatoms. The molecule has 0 aliphatic carbocycles. The monoisotopic (exact) mass is 277 g/mol. The van der Waals surface area contributed by atoms with E-state index in [2.05, 4.69) is 0 Å². The van der Waals surface area contributed by atoms with Crippen LogP contribution in [0.2, 0.25) is 0 Å². The third kappa shape index (κ3) is 6.38. The van der Waals surface area contributed by atoms with Crippen LogP contribution >= 0.6 is 0 Å². The van der Waals surface area contributed by atoms with Crippen molar-refractivity contribution in [3.8, 4) is 0 Å². The summed E-state index contributed by atoms with van der Waals surface area (Å²) < 4.78 is 5.39. The van der Waals surface area contributed by atoms with E-state index in [1.54, 1.807) is 17.1 Å². The van der Waals surface area contributed by atoms with Gasteiger partial charge in [-0.2, -0.15) is 0 Å². The summed E-state index contributed by atoms with van der Waals surface area (Å²) in [6.07, 6.45) is 3.01. The summed E-state index contributed by atoms with van der Waals surface area (Å²) in [5, 5.41) is 8.77. The zero-order valence-corrected chi connectivity index (χ0v) is 12.4. The molecule has 1 aromatic rings. The molecule has 0 spiro atoms. The van der Waals surface area contributed by atoms with Crippen molar-refractivity contribution in [2.45, 2.75) is 32.9 Å². The standard InChI is InChI=1S/C16H23NO3/c1-16(2,3)20-15(19)17(11-7-8-12-18)13-14-9-5-4-6-10-14/h4-10,18H,11-13H2,1-3H3/b8-7+. The van der Waals surface area contributed by atoms with E-state index in [-0.39, 0.29) is 12.7 Å². The van der Waals surface area contributed by atoms with Gasteiger partial charge in [0, 0.05) is 13.1 Å². The number of carbonyl (C=O) groups is 1. The largest absolute Gasteiger partial charge is 0.444 e. The van der Waals surface area contributed by atoms with E-state index in [1.165, 1.54) is 0 Å². The molecule has 0 radical (unpaired) electrons. The molecule has 0 aliphatic rings. The topological polar surface area (TPSA) is 49.8 Å². The molecule has 0 aliphatic heterocycles. The number of carbonyl (C=O) groups excluding carboxylic acids is 1. The molecule has 0 heterocycles. The van der Waals surface area contributed by atoms with E-state index < -0.39 is 5.60 Å². The van der Waals surface area contributed by atoms with Gasteiger partial charge in [0.05, 0.1) is 6.61 Å². The molecule has 0 aromatic heterocycles. The van der Waals surface area contributed by atoms with Crippen LogP contribution in [0.3, 0.4) is 0 Å². The minimum absolute atomic E-state index is 0.0342. The van der Waals surface area contributed by atoms with E-state index in [4.69, 9.17) is 9.84 Å². The number of hydrogen-bond acceptors (Lipinski definition) is 3. The Kier molecular flexibility index (Phi) is 6.25. The lowest BCUT2D eigenvalue weighted by atomic mass is 10.2. The predicted octanol–water partition coefficient (Wildman–Crippen LogP) is 2.97. The molecule has 0 bridgehead atoms. The van der Waals surface area contributed by atoms with Gasteiger partial charge >= 0.3 is 6.09 Å². The van der Waals surface area contributed by atoms with Crippen LogP contribution in [0, 0.1) is 0 Å². The molecule has 0 saturated carbocycles. The van der Waals surface area contributed by atoms with Gasteiger partial charge < -0.3 is 14.7 Å². The molecular weight excluding hydrogens is 254 g/mol. The Hall–Kier alpha value is -1.81. The number of benzene rings is 1.